The number of likely N-dealkylation sites (tertiary alicyclic amines) is 1. The second kappa shape index (κ2) is 11.8. The number of anilines is 1. The Morgan fingerprint density at radius 2 is 1.74 bits per heavy atom. The summed E-state index contributed by atoms with van der Waals surface area (Å²) in [6.45, 7) is 2.26. The molecule has 3 aliphatic heterocycles. The minimum Gasteiger partial charge on any atom is -0.343 e. The average molecular weight is 613 g/mol. The minimum absolute atomic E-state index is 0.0919. The molecule has 2 aromatic carbocycles. The minimum atomic E-state index is -3.41. The summed E-state index contributed by atoms with van der Waals surface area (Å²) >= 11 is 6.11. The summed E-state index contributed by atoms with van der Waals surface area (Å²) in [5.41, 5.74) is 2.39. The summed E-state index contributed by atoms with van der Waals surface area (Å²) in [5.74, 6) is 1.02. The maximum atomic E-state index is 14.0. The highest BCUT2D eigenvalue weighted by Gasteiger charge is 2.48. The topological polar surface area (TPSA) is 98.8 Å². The van der Waals surface area contributed by atoms with E-state index in [1.165, 1.54) is 36.2 Å². The van der Waals surface area contributed by atoms with Gasteiger partial charge in [-0.1, -0.05) is 61.2 Å². The molecule has 3 fully saturated rings. The third-order valence-electron chi connectivity index (χ3n) is 10.1. The fourth-order valence-corrected chi connectivity index (χ4v) is 8.88. The Balaban J connectivity index is 1.17. The molecule has 1 aliphatic carbocycles. The second-order valence-electron chi connectivity index (χ2n) is 12.8. The molecule has 0 bridgehead atoms. The zero-order chi connectivity index (χ0) is 29.5. The van der Waals surface area contributed by atoms with Gasteiger partial charge in [-0.2, -0.15) is 0 Å². The standard InChI is InChI=1S/C32H41ClN4O4S/c1-42(40,41)37-21-32(26-8-4-5-9-29(26)37)14-16-36(17-15-32)31(39)28(18-22-10-12-25(33)13-11-22)35-30(38)27-19-23-6-2-3-7-24(23)20-34-27/h4-5,8-13,23-24,27-28,34H,2-3,6-7,14-21H2,1H3,(H,35,38)/t23?,24?,27?,28-/m1/s1. The number of halogens is 1. The van der Waals surface area contributed by atoms with Crippen molar-refractivity contribution >= 4 is 39.1 Å². The third-order valence-corrected chi connectivity index (χ3v) is 11.5. The molecule has 4 atom stereocenters. The maximum Gasteiger partial charge on any atom is 0.245 e. The highest BCUT2D eigenvalue weighted by atomic mass is 35.5. The van der Waals surface area contributed by atoms with Crippen LogP contribution in [0.25, 0.3) is 0 Å². The molecule has 3 heterocycles. The van der Waals surface area contributed by atoms with Gasteiger partial charge in [0.25, 0.3) is 0 Å². The summed E-state index contributed by atoms with van der Waals surface area (Å²) < 4.78 is 26.7. The number of nitrogens with one attached hydrogen (secondary N) is 2. The Bertz CT molecular complexity index is 1420. The molecule has 3 unspecified atom stereocenters. The van der Waals surface area contributed by atoms with Crippen molar-refractivity contribution in [1.82, 2.24) is 15.5 Å². The van der Waals surface area contributed by atoms with Gasteiger partial charge in [-0.15, -0.1) is 0 Å². The number of carbonyl (C=O) groups excluding carboxylic acids is 2. The number of piperidine rings is 2. The van der Waals surface area contributed by atoms with Crippen LogP contribution >= 0.6 is 11.6 Å². The number of nitrogens with zero attached hydrogens (tertiary/aromatic N) is 2. The molecule has 6 rings (SSSR count). The Morgan fingerprint density at radius 1 is 1.05 bits per heavy atom. The Morgan fingerprint density at radius 3 is 2.45 bits per heavy atom. The monoisotopic (exact) mass is 612 g/mol. The maximum absolute atomic E-state index is 14.0. The molecule has 1 saturated carbocycles. The summed E-state index contributed by atoms with van der Waals surface area (Å²) in [6.07, 6.45) is 8.69. The molecule has 8 nitrogen and oxygen atoms in total. The quantitative estimate of drug-likeness (QED) is 0.516. The van der Waals surface area contributed by atoms with Crippen LogP contribution in [0.2, 0.25) is 5.02 Å². The summed E-state index contributed by atoms with van der Waals surface area (Å²) in [4.78, 5) is 29.5. The Hall–Kier alpha value is -2.62. The number of para-hydroxylation sites is 1. The van der Waals surface area contributed by atoms with Gasteiger partial charge in [0.1, 0.15) is 6.04 Å². The van der Waals surface area contributed by atoms with E-state index in [4.69, 9.17) is 11.6 Å². The molecule has 2 saturated heterocycles. The molecule has 10 heteroatoms. The average Bonchev–Trinajstić information content (AvgIpc) is 3.32. The highest BCUT2D eigenvalue weighted by Crippen LogP contribution is 2.48. The first-order valence-electron chi connectivity index (χ1n) is 15.3. The van der Waals surface area contributed by atoms with Gasteiger partial charge in [-0.25, -0.2) is 8.42 Å². The van der Waals surface area contributed by atoms with E-state index >= 15 is 0 Å². The van der Waals surface area contributed by atoms with Gasteiger partial charge in [-0.05, 0) is 73.4 Å². The van der Waals surface area contributed by atoms with Gasteiger partial charge in [0, 0.05) is 36.5 Å². The SMILES string of the molecule is CS(=O)(=O)N1CC2(CCN(C(=O)[C@@H](Cc3ccc(Cl)cc3)NC(=O)C3CC4CCCCC4CN3)CC2)c2ccccc21. The number of rotatable bonds is 6. The predicted molar refractivity (Wildman–Crippen MR) is 165 cm³/mol. The summed E-state index contributed by atoms with van der Waals surface area (Å²) in [7, 11) is -3.41. The van der Waals surface area contributed by atoms with Crippen LogP contribution in [0.15, 0.2) is 48.5 Å². The van der Waals surface area contributed by atoms with E-state index in [-0.39, 0.29) is 23.3 Å². The number of carbonyl (C=O) groups is 2. The van der Waals surface area contributed by atoms with Crippen molar-refractivity contribution in [1.29, 1.82) is 0 Å². The van der Waals surface area contributed by atoms with E-state index in [0.29, 0.717) is 55.8 Å². The molecule has 2 aromatic rings. The smallest absolute Gasteiger partial charge is 0.245 e. The molecule has 0 aromatic heterocycles. The van der Waals surface area contributed by atoms with Gasteiger partial charge < -0.3 is 15.5 Å². The van der Waals surface area contributed by atoms with Crippen LogP contribution < -0.4 is 14.9 Å². The van der Waals surface area contributed by atoms with Gasteiger partial charge in [0.05, 0.1) is 18.0 Å². The molecule has 226 valence electrons. The van der Waals surface area contributed by atoms with Crippen LogP contribution in [0.4, 0.5) is 5.69 Å². The van der Waals surface area contributed by atoms with Gasteiger partial charge in [-0.3, -0.25) is 13.9 Å². The molecule has 1 spiro atoms. The third kappa shape index (κ3) is 5.92. The lowest BCUT2D eigenvalue weighted by Crippen LogP contribution is -2.58. The van der Waals surface area contributed by atoms with Crippen molar-refractivity contribution in [2.24, 2.45) is 11.8 Å². The molecular weight excluding hydrogens is 572 g/mol. The number of hydrogen-bond acceptors (Lipinski definition) is 5. The van der Waals surface area contributed by atoms with Crippen molar-refractivity contribution in [2.45, 2.75) is 68.9 Å². The van der Waals surface area contributed by atoms with E-state index < -0.39 is 16.1 Å². The van der Waals surface area contributed by atoms with Gasteiger partial charge in [0.2, 0.25) is 21.8 Å². The normalized spacial score (nSPS) is 25.9. The summed E-state index contributed by atoms with van der Waals surface area (Å²) in [5, 5.41) is 7.22. The van der Waals surface area contributed by atoms with E-state index in [2.05, 4.69) is 10.6 Å². The van der Waals surface area contributed by atoms with Crippen molar-refractivity contribution in [3.05, 3.63) is 64.7 Å². The number of hydrogen-bond donors (Lipinski definition) is 2. The van der Waals surface area contributed by atoms with Crippen LogP contribution in [0.5, 0.6) is 0 Å². The fourth-order valence-electron chi connectivity index (χ4n) is 7.76. The lowest BCUT2D eigenvalue weighted by Gasteiger charge is -2.41. The largest absolute Gasteiger partial charge is 0.343 e. The van der Waals surface area contributed by atoms with Crippen LogP contribution in [-0.2, 0) is 31.4 Å². The number of amides is 2. The number of fused-ring (bicyclic) bond motifs is 3. The Labute approximate surface area is 254 Å². The first-order chi connectivity index (χ1) is 20.1. The Kier molecular flexibility index (Phi) is 8.28. The van der Waals surface area contributed by atoms with Crippen LogP contribution in [0.3, 0.4) is 0 Å². The fraction of sp³-hybridized carbons (Fsp3) is 0.562. The molecular formula is C32H41ClN4O4S. The van der Waals surface area contributed by atoms with Crippen molar-refractivity contribution in [3.8, 4) is 0 Å². The molecule has 2 N–H and O–H groups in total. The molecule has 4 aliphatic rings. The first-order valence-corrected chi connectivity index (χ1v) is 17.5. The lowest BCUT2D eigenvalue weighted by atomic mass is 9.73. The predicted octanol–water partition coefficient (Wildman–Crippen LogP) is 3.88. The second-order valence-corrected chi connectivity index (χ2v) is 15.1. The zero-order valence-electron chi connectivity index (χ0n) is 24.2. The molecule has 0 radical (unpaired) electrons. The van der Waals surface area contributed by atoms with E-state index in [1.54, 1.807) is 0 Å². The van der Waals surface area contributed by atoms with Gasteiger partial charge in [0.15, 0.2) is 0 Å². The molecule has 2 amide bonds. The lowest BCUT2D eigenvalue weighted by molar-refractivity contribution is -0.138. The zero-order valence-corrected chi connectivity index (χ0v) is 25.8. The van der Waals surface area contributed by atoms with Crippen LogP contribution in [0, 0.1) is 11.8 Å². The van der Waals surface area contributed by atoms with Crippen LogP contribution in [0.1, 0.15) is 56.1 Å². The van der Waals surface area contributed by atoms with Crippen molar-refractivity contribution in [3.63, 3.8) is 0 Å². The first kappa shape index (κ1) is 29.5. The van der Waals surface area contributed by atoms with Crippen molar-refractivity contribution < 1.29 is 18.0 Å². The van der Waals surface area contributed by atoms with E-state index in [1.807, 2.05) is 53.4 Å². The molecule has 42 heavy (non-hydrogen) atoms. The van der Waals surface area contributed by atoms with Crippen LogP contribution in [-0.4, -0.2) is 69.7 Å². The highest BCUT2D eigenvalue weighted by molar-refractivity contribution is 7.92. The number of sulfonamides is 1. The van der Waals surface area contributed by atoms with E-state index in [0.717, 1.165) is 29.8 Å². The summed E-state index contributed by atoms with van der Waals surface area (Å²) in [6, 6.07) is 14.2. The van der Waals surface area contributed by atoms with Crippen molar-refractivity contribution in [2.75, 3.05) is 36.7 Å². The number of benzene rings is 2. The van der Waals surface area contributed by atoms with Gasteiger partial charge >= 0.3 is 0 Å². The van der Waals surface area contributed by atoms with E-state index in [9.17, 15) is 18.0 Å².